The van der Waals surface area contributed by atoms with Crippen molar-refractivity contribution in [3.8, 4) is 0 Å². The molecular formula is C8H15NO2. The number of carbonyl (C=O) groups is 1. The van der Waals surface area contributed by atoms with Gasteiger partial charge < -0.3 is 10.4 Å². The van der Waals surface area contributed by atoms with Crippen molar-refractivity contribution in [3.05, 3.63) is 12.2 Å². The summed E-state index contributed by atoms with van der Waals surface area (Å²) in [4.78, 5) is 10.8. The van der Waals surface area contributed by atoms with Gasteiger partial charge in [-0.1, -0.05) is 19.9 Å². The standard InChI is InChI=1S/C8H15NO2/c1-3-5-6-8(11)9-7(10)4-2/h5-7,10H,3-4H2,1-2H3,(H,9,11). The third-order valence-corrected chi connectivity index (χ3v) is 1.20. The monoisotopic (exact) mass is 157 g/mol. The summed E-state index contributed by atoms with van der Waals surface area (Å²) in [5.41, 5.74) is 0. The van der Waals surface area contributed by atoms with Gasteiger partial charge in [0.15, 0.2) is 0 Å². The van der Waals surface area contributed by atoms with Crippen LogP contribution in [-0.4, -0.2) is 17.2 Å². The third-order valence-electron chi connectivity index (χ3n) is 1.20. The van der Waals surface area contributed by atoms with Crippen LogP contribution in [0.3, 0.4) is 0 Å². The van der Waals surface area contributed by atoms with Gasteiger partial charge in [0.1, 0.15) is 6.23 Å². The molecule has 0 heterocycles. The Balaban J connectivity index is 3.60. The second-order valence-corrected chi connectivity index (χ2v) is 2.24. The molecule has 1 atom stereocenters. The van der Waals surface area contributed by atoms with E-state index in [1.165, 1.54) is 6.08 Å². The van der Waals surface area contributed by atoms with E-state index in [1.807, 2.05) is 6.92 Å². The lowest BCUT2D eigenvalue weighted by molar-refractivity contribution is -0.119. The molecule has 3 nitrogen and oxygen atoms in total. The number of aliphatic hydroxyl groups excluding tert-OH is 1. The predicted molar refractivity (Wildman–Crippen MR) is 43.9 cm³/mol. The van der Waals surface area contributed by atoms with Crippen molar-refractivity contribution >= 4 is 5.91 Å². The molecule has 0 radical (unpaired) electrons. The minimum Gasteiger partial charge on any atom is -0.374 e. The van der Waals surface area contributed by atoms with Gasteiger partial charge in [0.2, 0.25) is 5.91 Å². The number of carbonyl (C=O) groups excluding carboxylic acids is 1. The van der Waals surface area contributed by atoms with Crippen molar-refractivity contribution in [2.75, 3.05) is 0 Å². The SMILES string of the molecule is CCC=CC(=O)NC(O)CC. The molecule has 0 aromatic heterocycles. The first-order chi connectivity index (χ1) is 5.20. The first-order valence-corrected chi connectivity index (χ1v) is 3.85. The molecule has 0 rings (SSSR count). The van der Waals surface area contributed by atoms with Gasteiger partial charge in [0.05, 0.1) is 0 Å². The molecular weight excluding hydrogens is 142 g/mol. The molecule has 0 aliphatic heterocycles. The summed E-state index contributed by atoms with van der Waals surface area (Å²) in [6.07, 6.45) is 3.82. The Morgan fingerprint density at radius 2 is 2.27 bits per heavy atom. The van der Waals surface area contributed by atoms with Gasteiger partial charge >= 0.3 is 0 Å². The van der Waals surface area contributed by atoms with E-state index in [-0.39, 0.29) is 5.91 Å². The summed E-state index contributed by atoms with van der Waals surface area (Å²) in [5, 5.41) is 11.4. The maximum Gasteiger partial charge on any atom is 0.245 e. The fraction of sp³-hybridized carbons (Fsp3) is 0.625. The van der Waals surface area contributed by atoms with Crippen LogP contribution in [0.15, 0.2) is 12.2 Å². The van der Waals surface area contributed by atoms with E-state index < -0.39 is 6.23 Å². The Kier molecular flexibility index (Phi) is 5.47. The minimum absolute atomic E-state index is 0.235. The van der Waals surface area contributed by atoms with Crippen LogP contribution >= 0.6 is 0 Å². The zero-order chi connectivity index (χ0) is 8.69. The Hall–Kier alpha value is -0.830. The predicted octanol–water partition coefficient (Wildman–Crippen LogP) is 0.797. The van der Waals surface area contributed by atoms with E-state index in [1.54, 1.807) is 13.0 Å². The van der Waals surface area contributed by atoms with Crippen molar-refractivity contribution in [2.24, 2.45) is 0 Å². The Bertz CT molecular complexity index is 143. The van der Waals surface area contributed by atoms with Crippen molar-refractivity contribution in [2.45, 2.75) is 32.9 Å². The van der Waals surface area contributed by atoms with Crippen LogP contribution in [0.25, 0.3) is 0 Å². The minimum atomic E-state index is -0.719. The molecule has 0 saturated heterocycles. The molecule has 0 aromatic rings. The normalized spacial score (nSPS) is 13.4. The smallest absolute Gasteiger partial charge is 0.245 e. The zero-order valence-corrected chi connectivity index (χ0v) is 7.00. The molecule has 3 heteroatoms. The van der Waals surface area contributed by atoms with E-state index in [0.29, 0.717) is 6.42 Å². The second-order valence-electron chi connectivity index (χ2n) is 2.24. The highest BCUT2D eigenvalue weighted by Crippen LogP contribution is 1.85. The maximum absolute atomic E-state index is 10.8. The van der Waals surface area contributed by atoms with Gasteiger partial charge in [-0.2, -0.15) is 0 Å². The van der Waals surface area contributed by atoms with Gasteiger partial charge in [-0.3, -0.25) is 4.79 Å². The summed E-state index contributed by atoms with van der Waals surface area (Å²) in [7, 11) is 0. The number of nitrogens with one attached hydrogen (secondary N) is 1. The zero-order valence-electron chi connectivity index (χ0n) is 7.00. The molecule has 0 fully saturated rings. The van der Waals surface area contributed by atoms with Crippen LogP contribution < -0.4 is 5.32 Å². The van der Waals surface area contributed by atoms with E-state index in [2.05, 4.69) is 5.32 Å². The quantitative estimate of drug-likeness (QED) is 0.468. The van der Waals surface area contributed by atoms with Crippen LogP contribution in [0.2, 0.25) is 0 Å². The van der Waals surface area contributed by atoms with Gasteiger partial charge in [-0.15, -0.1) is 0 Å². The molecule has 0 saturated carbocycles. The molecule has 1 unspecified atom stereocenters. The van der Waals surface area contributed by atoms with Crippen LogP contribution in [-0.2, 0) is 4.79 Å². The summed E-state index contributed by atoms with van der Waals surface area (Å²) in [6, 6.07) is 0. The molecule has 64 valence electrons. The second kappa shape index (κ2) is 5.92. The first kappa shape index (κ1) is 10.2. The molecule has 2 N–H and O–H groups in total. The molecule has 1 amide bonds. The van der Waals surface area contributed by atoms with E-state index in [9.17, 15) is 4.79 Å². The van der Waals surface area contributed by atoms with Crippen LogP contribution in [0.1, 0.15) is 26.7 Å². The molecule has 0 bridgehead atoms. The van der Waals surface area contributed by atoms with Crippen molar-refractivity contribution in [1.82, 2.24) is 5.32 Å². The van der Waals surface area contributed by atoms with E-state index >= 15 is 0 Å². The number of rotatable bonds is 4. The van der Waals surface area contributed by atoms with E-state index in [0.717, 1.165) is 6.42 Å². The van der Waals surface area contributed by atoms with Gasteiger partial charge in [-0.25, -0.2) is 0 Å². The number of hydrogen-bond donors (Lipinski definition) is 2. The highest BCUT2D eigenvalue weighted by atomic mass is 16.3. The molecule has 0 aliphatic carbocycles. The molecule has 0 aliphatic rings. The number of amides is 1. The van der Waals surface area contributed by atoms with Gasteiger partial charge in [0, 0.05) is 0 Å². The fourth-order valence-electron chi connectivity index (χ4n) is 0.539. The van der Waals surface area contributed by atoms with Crippen LogP contribution in [0.4, 0.5) is 0 Å². The summed E-state index contributed by atoms with van der Waals surface area (Å²) < 4.78 is 0. The topological polar surface area (TPSA) is 49.3 Å². The van der Waals surface area contributed by atoms with E-state index in [4.69, 9.17) is 5.11 Å². The van der Waals surface area contributed by atoms with Gasteiger partial charge in [-0.05, 0) is 18.9 Å². The third kappa shape index (κ3) is 5.61. The fourth-order valence-corrected chi connectivity index (χ4v) is 0.539. The number of aliphatic hydroxyl groups is 1. The lowest BCUT2D eigenvalue weighted by Crippen LogP contribution is -2.32. The van der Waals surface area contributed by atoms with Crippen molar-refractivity contribution < 1.29 is 9.90 Å². The number of allylic oxidation sites excluding steroid dienone is 1. The molecule has 0 aromatic carbocycles. The largest absolute Gasteiger partial charge is 0.374 e. The average molecular weight is 157 g/mol. The maximum atomic E-state index is 10.8. The average Bonchev–Trinajstić information content (AvgIpc) is 2.00. The highest BCUT2D eigenvalue weighted by molar-refractivity contribution is 5.87. The van der Waals surface area contributed by atoms with Gasteiger partial charge in [0.25, 0.3) is 0 Å². The van der Waals surface area contributed by atoms with Crippen molar-refractivity contribution in [3.63, 3.8) is 0 Å². The summed E-state index contributed by atoms with van der Waals surface area (Å²) >= 11 is 0. The summed E-state index contributed by atoms with van der Waals surface area (Å²) in [5.74, 6) is -0.235. The molecule has 0 spiro atoms. The van der Waals surface area contributed by atoms with Crippen LogP contribution in [0, 0.1) is 0 Å². The lowest BCUT2D eigenvalue weighted by atomic mass is 10.3. The Labute approximate surface area is 67.1 Å². The van der Waals surface area contributed by atoms with Crippen LogP contribution in [0.5, 0.6) is 0 Å². The highest BCUT2D eigenvalue weighted by Gasteiger charge is 2.01. The first-order valence-electron chi connectivity index (χ1n) is 3.85. The lowest BCUT2D eigenvalue weighted by Gasteiger charge is -2.06. The Morgan fingerprint density at radius 1 is 1.64 bits per heavy atom. The summed E-state index contributed by atoms with van der Waals surface area (Å²) in [6.45, 7) is 3.74. The van der Waals surface area contributed by atoms with Crippen molar-refractivity contribution in [1.29, 1.82) is 0 Å². The Morgan fingerprint density at radius 3 is 2.73 bits per heavy atom. The molecule has 11 heavy (non-hydrogen) atoms. The number of hydrogen-bond acceptors (Lipinski definition) is 2.